The lowest BCUT2D eigenvalue weighted by atomic mass is 10.2. The van der Waals surface area contributed by atoms with Gasteiger partial charge in [-0.3, -0.25) is 9.36 Å². The number of hydrogen-bond acceptors (Lipinski definition) is 8. The molecule has 4 aromatic rings. The smallest absolute Gasteiger partial charge is 0.280 e. The first-order valence-electron chi connectivity index (χ1n) is 9.98. The monoisotopic (exact) mass is 404 g/mol. The van der Waals surface area contributed by atoms with E-state index in [-0.39, 0.29) is 12.1 Å². The van der Waals surface area contributed by atoms with Crippen LogP contribution < -0.4 is 10.5 Å². The highest BCUT2D eigenvalue weighted by Gasteiger charge is 2.58. The van der Waals surface area contributed by atoms with Crippen molar-refractivity contribution in [3.63, 3.8) is 0 Å². The maximum absolute atomic E-state index is 12.7. The highest BCUT2D eigenvalue weighted by molar-refractivity contribution is 5.48. The molecule has 1 saturated carbocycles. The maximum Gasteiger partial charge on any atom is 0.280 e. The number of fused-ring (bicyclic) bond motifs is 2. The highest BCUT2D eigenvalue weighted by Crippen LogP contribution is 2.57. The molecule has 10 heteroatoms. The first-order valence-corrected chi connectivity index (χ1v) is 9.98. The molecule has 5 heterocycles. The number of aryl methyl sites for hydroxylation is 2. The molecule has 1 aliphatic carbocycles. The van der Waals surface area contributed by atoms with E-state index in [0.29, 0.717) is 34.9 Å². The molecule has 2 aliphatic rings. The maximum atomic E-state index is 12.7. The van der Waals surface area contributed by atoms with Gasteiger partial charge in [0, 0.05) is 25.2 Å². The summed E-state index contributed by atoms with van der Waals surface area (Å²) in [6, 6.07) is 4.13. The predicted molar refractivity (Wildman–Crippen MR) is 106 cm³/mol. The highest BCUT2D eigenvalue weighted by atomic mass is 16.5. The lowest BCUT2D eigenvalue weighted by molar-refractivity contribution is 0.363. The van der Waals surface area contributed by atoms with E-state index in [0.717, 1.165) is 24.7 Å². The average Bonchev–Trinajstić information content (AvgIpc) is 3.16. The molecule has 30 heavy (non-hydrogen) atoms. The van der Waals surface area contributed by atoms with Gasteiger partial charge in [0.25, 0.3) is 5.56 Å². The molecule has 152 valence electrons. The fraction of sp³-hybridized carbons (Fsp3) is 0.400. The topological polar surface area (TPSA) is 107 Å². The Morgan fingerprint density at radius 1 is 1.17 bits per heavy atom. The molecule has 0 aromatic carbocycles. The van der Waals surface area contributed by atoms with Gasteiger partial charge in [0.2, 0.25) is 5.89 Å². The summed E-state index contributed by atoms with van der Waals surface area (Å²) in [5.74, 6) is 3.54. The summed E-state index contributed by atoms with van der Waals surface area (Å²) in [5, 5.41) is 8.41. The molecule has 1 aliphatic heterocycles. The molecule has 2 unspecified atom stereocenters. The third-order valence-corrected chi connectivity index (χ3v) is 6.22. The molecule has 4 aromatic heterocycles. The van der Waals surface area contributed by atoms with Crippen molar-refractivity contribution in [3.8, 4) is 0 Å². The Bertz CT molecular complexity index is 1310. The Kier molecular flexibility index (Phi) is 3.59. The Morgan fingerprint density at radius 3 is 2.80 bits per heavy atom. The Labute approximate surface area is 171 Å². The zero-order valence-corrected chi connectivity index (χ0v) is 16.6. The number of hydrogen-bond donors (Lipinski definition) is 0. The molecule has 0 radical (unpaired) electrons. The van der Waals surface area contributed by atoms with Crippen LogP contribution in [0.5, 0.6) is 0 Å². The molecule has 2 atom stereocenters. The van der Waals surface area contributed by atoms with Crippen molar-refractivity contribution in [3.05, 3.63) is 64.3 Å². The van der Waals surface area contributed by atoms with E-state index < -0.39 is 0 Å². The van der Waals surface area contributed by atoms with Crippen LogP contribution in [0, 0.1) is 25.7 Å². The van der Waals surface area contributed by atoms with Crippen LogP contribution in [-0.2, 0) is 6.54 Å². The minimum absolute atomic E-state index is 0.177. The summed E-state index contributed by atoms with van der Waals surface area (Å²) in [4.78, 5) is 28.2. The first-order chi connectivity index (χ1) is 14.6. The van der Waals surface area contributed by atoms with Crippen LogP contribution in [0.3, 0.4) is 0 Å². The van der Waals surface area contributed by atoms with Crippen molar-refractivity contribution < 1.29 is 4.52 Å². The number of rotatable bonds is 4. The van der Waals surface area contributed by atoms with Crippen LogP contribution in [0.15, 0.2) is 40.3 Å². The van der Waals surface area contributed by atoms with Gasteiger partial charge in [0.15, 0.2) is 11.3 Å². The van der Waals surface area contributed by atoms with Crippen molar-refractivity contribution in [1.29, 1.82) is 0 Å². The van der Waals surface area contributed by atoms with E-state index in [1.807, 2.05) is 12.3 Å². The molecule has 0 bridgehead atoms. The second-order valence-electron chi connectivity index (χ2n) is 8.18. The molecule has 1 saturated heterocycles. The normalized spacial score (nSPS) is 22.6. The standard InChI is InChI=1S/C20H20N8O2/c1-11-3-4-21-15(5-11)26-6-13-14(7-26)17(13)19-24-16(30-25-19)8-27-10-23-28-9-22-12(2)18(28)20(27)29/h3-5,9-10,13-14,17H,6-8H2,1-2H3. The van der Waals surface area contributed by atoms with Crippen LogP contribution >= 0.6 is 0 Å². The van der Waals surface area contributed by atoms with Crippen LogP contribution in [0.2, 0.25) is 0 Å². The van der Waals surface area contributed by atoms with Crippen molar-refractivity contribution in [2.45, 2.75) is 26.3 Å². The molecule has 0 amide bonds. The molecular weight excluding hydrogens is 384 g/mol. The van der Waals surface area contributed by atoms with Gasteiger partial charge < -0.3 is 9.42 Å². The lowest BCUT2D eigenvalue weighted by Gasteiger charge is -2.20. The second-order valence-corrected chi connectivity index (χ2v) is 8.18. The molecule has 10 nitrogen and oxygen atoms in total. The quantitative estimate of drug-likeness (QED) is 0.499. The van der Waals surface area contributed by atoms with E-state index in [2.05, 4.69) is 43.1 Å². The van der Waals surface area contributed by atoms with Crippen LogP contribution in [0.25, 0.3) is 5.52 Å². The van der Waals surface area contributed by atoms with Crippen molar-refractivity contribution in [2.24, 2.45) is 11.8 Å². The molecule has 6 rings (SSSR count). The number of piperidine rings is 1. The summed E-state index contributed by atoms with van der Waals surface area (Å²) < 4.78 is 8.40. The Balaban J connectivity index is 1.17. The van der Waals surface area contributed by atoms with Gasteiger partial charge in [0.1, 0.15) is 25.0 Å². The Morgan fingerprint density at radius 2 is 2.00 bits per heavy atom. The van der Waals surface area contributed by atoms with E-state index in [9.17, 15) is 4.79 Å². The largest absolute Gasteiger partial charge is 0.356 e. The van der Waals surface area contributed by atoms with E-state index >= 15 is 0 Å². The molecular formula is C20H20N8O2. The van der Waals surface area contributed by atoms with Gasteiger partial charge in [-0.2, -0.15) is 10.1 Å². The van der Waals surface area contributed by atoms with Crippen LogP contribution in [-0.4, -0.2) is 47.4 Å². The number of imidazole rings is 1. The number of nitrogens with zero attached hydrogens (tertiary/aromatic N) is 8. The van der Waals surface area contributed by atoms with Gasteiger partial charge >= 0.3 is 0 Å². The SMILES string of the molecule is Cc1ccnc(N2CC3C(C2)C3c2noc(Cn3cnn4cnc(C)c4c3=O)n2)c1. The molecule has 0 N–H and O–H groups in total. The summed E-state index contributed by atoms with van der Waals surface area (Å²) in [7, 11) is 0. The average molecular weight is 404 g/mol. The third-order valence-electron chi connectivity index (χ3n) is 6.22. The minimum atomic E-state index is -0.177. The van der Waals surface area contributed by atoms with E-state index in [1.54, 1.807) is 6.92 Å². The zero-order chi connectivity index (χ0) is 20.4. The van der Waals surface area contributed by atoms with Gasteiger partial charge in [-0.15, -0.1) is 0 Å². The summed E-state index contributed by atoms with van der Waals surface area (Å²) in [6.45, 7) is 5.97. The second kappa shape index (κ2) is 6.22. The van der Waals surface area contributed by atoms with Gasteiger partial charge in [-0.05, 0) is 43.4 Å². The first kappa shape index (κ1) is 17.3. The Hall–Kier alpha value is -3.56. The van der Waals surface area contributed by atoms with E-state index in [4.69, 9.17) is 4.52 Å². The van der Waals surface area contributed by atoms with Crippen LogP contribution in [0.1, 0.15) is 28.9 Å². The van der Waals surface area contributed by atoms with Gasteiger partial charge in [-0.25, -0.2) is 14.5 Å². The predicted octanol–water partition coefficient (Wildman–Crippen LogP) is 1.18. The zero-order valence-electron chi connectivity index (χ0n) is 16.6. The summed E-state index contributed by atoms with van der Waals surface area (Å²) in [6.07, 6.45) is 4.86. The minimum Gasteiger partial charge on any atom is -0.356 e. The van der Waals surface area contributed by atoms with Gasteiger partial charge in [-0.1, -0.05) is 5.16 Å². The third kappa shape index (κ3) is 2.63. The fourth-order valence-electron chi connectivity index (χ4n) is 4.59. The lowest BCUT2D eigenvalue weighted by Crippen LogP contribution is -2.25. The molecule has 0 spiro atoms. The van der Waals surface area contributed by atoms with Crippen LogP contribution in [0.4, 0.5) is 5.82 Å². The van der Waals surface area contributed by atoms with Crippen molar-refractivity contribution in [1.82, 2.24) is 34.3 Å². The van der Waals surface area contributed by atoms with Crippen molar-refractivity contribution in [2.75, 3.05) is 18.0 Å². The number of pyridine rings is 1. The van der Waals surface area contributed by atoms with E-state index in [1.165, 1.54) is 27.3 Å². The summed E-state index contributed by atoms with van der Waals surface area (Å²) in [5.41, 5.74) is 2.14. The molecule has 2 fully saturated rings. The van der Waals surface area contributed by atoms with Crippen molar-refractivity contribution >= 4 is 11.3 Å². The number of anilines is 1. The number of aromatic nitrogens is 7. The van der Waals surface area contributed by atoms with Gasteiger partial charge in [0.05, 0.1) is 5.69 Å². The fourth-order valence-corrected chi connectivity index (χ4v) is 4.59. The summed E-state index contributed by atoms with van der Waals surface area (Å²) >= 11 is 0.